The van der Waals surface area contributed by atoms with Crippen LogP contribution in [0.5, 0.6) is 0 Å². The van der Waals surface area contributed by atoms with Crippen LogP contribution in [0, 0.1) is 0 Å². The zero-order valence-corrected chi connectivity index (χ0v) is 5.68. The van der Waals surface area contributed by atoms with Crippen molar-refractivity contribution in [1.82, 2.24) is 4.90 Å². The van der Waals surface area contributed by atoms with E-state index in [0.29, 0.717) is 5.91 Å². The smallest absolute Gasteiger partial charge is 0.222 e. The molecular weight excluding hydrogens is 118 g/mol. The van der Waals surface area contributed by atoms with Crippen molar-refractivity contribution in [3.05, 3.63) is 0 Å². The van der Waals surface area contributed by atoms with Crippen molar-refractivity contribution < 1.29 is 10.3 Å². The fourth-order valence-corrected chi connectivity index (χ4v) is 1.04. The van der Waals surface area contributed by atoms with Crippen LogP contribution in [0.25, 0.3) is 0 Å². The Kier molecular flexibility index (Phi) is 3.24. The number of nitrogens with zero attached hydrogens (tertiary/aromatic N) is 1. The maximum absolute atomic E-state index is 10.7. The number of hydrogen-bond donors (Lipinski definition) is 0. The molecule has 0 aliphatic carbocycles. The number of likely N-dealkylation sites (tertiary alicyclic amines) is 1. The van der Waals surface area contributed by atoms with Gasteiger partial charge in [-0.05, 0) is 13.3 Å². The molecule has 0 aromatic carbocycles. The summed E-state index contributed by atoms with van der Waals surface area (Å²) in [4.78, 5) is 12.6. The van der Waals surface area contributed by atoms with Crippen molar-refractivity contribution in [2.75, 3.05) is 13.1 Å². The molecule has 9 heavy (non-hydrogen) atoms. The van der Waals surface area contributed by atoms with E-state index in [0.717, 1.165) is 25.9 Å². The molecule has 54 valence electrons. The molecule has 3 nitrogen and oxygen atoms in total. The van der Waals surface area contributed by atoms with Crippen molar-refractivity contribution in [3.8, 4) is 0 Å². The molecule has 1 aliphatic rings. The molecule has 0 bridgehead atoms. The number of hydrogen-bond acceptors (Lipinski definition) is 1. The molecule has 0 atom stereocenters. The van der Waals surface area contributed by atoms with Gasteiger partial charge in [0.2, 0.25) is 5.91 Å². The first kappa shape index (κ1) is 8.43. The van der Waals surface area contributed by atoms with Crippen LogP contribution in [0.1, 0.15) is 19.8 Å². The number of rotatable bonds is 1. The second-order valence-corrected chi connectivity index (χ2v) is 2.08. The summed E-state index contributed by atoms with van der Waals surface area (Å²) in [6, 6.07) is 0. The van der Waals surface area contributed by atoms with E-state index in [9.17, 15) is 4.79 Å². The third-order valence-electron chi connectivity index (χ3n) is 1.55. The quantitative estimate of drug-likeness (QED) is 0.486. The molecular formula is C6H13NO2. The lowest BCUT2D eigenvalue weighted by molar-refractivity contribution is -0.127. The number of carbonyl (C=O) groups excluding carboxylic acids is 1. The Bertz CT molecular complexity index is 103. The summed E-state index contributed by atoms with van der Waals surface area (Å²) in [5.41, 5.74) is 0. The Labute approximate surface area is 55.0 Å². The Hall–Kier alpha value is -0.570. The maximum atomic E-state index is 10.7. The van der Waals surface area contributed by atoms with Gasteiger partial charge in [-0.3, -0.25) is 4.79 Å². The lowest BCUT2D eigenvalue weighted by atomic mass is 10.4. The van der Waals surface area contributed by atoms with Crippen LogP contribution in [0.3, 0.4) is 0 Å². The van der Waals surface area contributed by atoms with Crippen LogP contribution in [0.4, 0.5) is 0 Å². The van der Waals surface area contributed by atoms with Crippen molar-refractivity contribution in [3.63, 3.8) is 0 Å². The Morgan fingerprint density at radius 1 is 1.67 bits per heavy atom. The van der Waals surface area contributed by atoms with E-state index < -0.39 is 0 Å². The zero-order valence-electron chi connectivity index (χ0n) is 5.68. The standard InChI is InChI=1S/C6H11NO.H2O/c1-2-7-5-3-4-6(7)8;/h2-5H2,1H3;1H2. The first-order valence-electron chi connectivity index (χ1n) is 3.12. The van der Waals surface area contributed by atoms with Gasteiger partial charge < -0.3 is 10.4 Å². The largest absolute Gasteiger partial charge is 0.412 e. The average Bonchev–Trinajstić information content (AvgIpc) is 2.14. The van der Waals surface area contributed by atoms with E-state index in [4.69, 9.17) is 0 Å². The Morgan fingerprint density at radius 2 is 2.33 bits per heavy atom. The van der Waals surface area contributed by atoms with Crippen LogP contribution >= 0.6 is 0 Å². The molecule has 1 fully saturated rings. The summed E-state index contributed by atoms with van der Waals surface area (Å²) in [7, 11) is 0. The minimum atomic E-state index is 0. The average molecular weight is 131 g/mol. The van der Waals surface area contributed by atoms with E-state index >= 15 is 0 Å². The summed E-state index contributed by atoms with van der Waals surface area (Å²) >= 11 is 0. The molecule has 0 saturated carbocycles. The summed E-state index contributed by atoms with van der Waals surface area (Å²) < 4.78 is 0. The normalized spacial score (nSPS) is 17.9. The Balaban J connectivity index is 0.000000640. The first-order valence-corrected chi connectivity index (χ1v) is 3.12. The summed E-state index contributed by atoms with van der Waals surface area (Å²) in [5, 5.41) is 0. The van der Waals surface area contributed by atoms with Crippen LogP contribution in [-0.4, -0.2) is 29.4 Å². The highest BCUT2D eigenvalue weighted by Gasteiger charge is 2.16. The van der Waals surface area contributed by atoms with Gasteiger partial charge in [0.05, 0.1) is 0 Å². The third kappa shape index (κ3) is 1.68. The fraction of sp³-hybridized carbons (Fsp3) is 0.833. The van der Waals surface area contributed by atoms with Gasteiger partial charge in [-0.15, -0.1) is 0 Å². The minimum Gasteiger partial charge on any atom is -0.412 e. The maximum Gasteiger partial charge on any atom is 0.222 e. The predicted molar refractivity (Wildman–Crippen MR) is 35.1 cm³/mol. The van der Waals surface area contributed by atoms with E-state index in [1.165, 1.54) is 0 Å². The van der Waals surface area contributed by atoms with Crippen LogP contribution in [0.15, 0.2) is 0 Å². The van der Waals surface area contributed by atoms with Gasteiger partial charge in [-0.2, -0.15) is 0 Å². The van der Waals surface area contributed by atoms with Gasteiger partial charge in [-0.1, -0.05) is 0 Å². The van der Waals surface area contributed by atoms with Gasteiger partial charge in [0.25, 0.3) is 0 Å². The number of amides is 1. The molecule has 2 N–H and O–H groups in total. The topological polar surface area (TPSA) is 51.8 Å². The fourth-order valence-electron chi connectivity index (χ4n) is 1.04. The molecule has 0 radical (unpaired) electrons. The van der Waals surface area contributed by atoms with Crippen LogP contribution in [-0.2, 0) is 4.79 Å². The summed E-state index contributed by atoms with van der Waals surface area (Å²) in [5.74, 6) is 0.326. The first-order chi connectivity index (χ1) is 3.84. The second kappa shape index (κ2) is 3.45. The van der Waals surface area contributed by atoms with E-state index in [1.54, 1.807) is 0 Å². The van der Waals surface area contributed by atoms with Crippen LogP contribution < -0.4 is 0 Å². The van der Waals surface area contributed by atoms with Gasteiger partial charge in [0, 0.05) is 19.5 Å². The van der Waals surface area contributed by atoms with E-state index in [1.807, 2.05) is 11.8 Å². The van der Waals surface area contributed by atoms with Gasteiger partial charge in [0.15, 0.2) is 0 Å². The predicted octanol–water partition coefficient (Wildman–Crippen LogP) is -0.196. The van der Waals surface area contributed by atoms with Crippen LogP contribution in [0.2, 0.25) is 0 Å². The molecule has 3 heteroatoms. The Morgan fingerprint density at radius 3 is 2.56 bits per heavy atom. The number of carbonyl (C=O) groups is 1. The molecule has 0 aromatic rings. The lowest BCUT2D eigenvalue weighted by Gasteiger charge is -2.10. The van der Waals surface area contributed by atoms with Crippen molar-refractivity contribution in [2.24, 2.45) is 0 Å². The molecule has 1 amide bonds. The summed E-state index contributed by atoms with van der Waals surface area (Å²) in [6.45, 7) is 3.89. The molecule has 1 rings (SSSR count). The monoisotopic (exact) mass is 131 g/mol. The highest BCUT2D eigenvalue weighted by molar-refractivity contribution is 5.77. The SMILES string of the molecule is CCN1CCCC1=O.O. The summed E-state index contributed by atoms with van der Waals surface area (Å²) in [6.07, 6.45) is 1.83. The van der Waals surface area contributed by atoms with E-state index in [-0.39, 0.29) is 5.48 Å². The third-order valence-corrected chi connectivity index (χ3v) is 1.55. The highest BCUT2D eigenvalue weighted by Crippen LogP contribution is 2.07. The molecule has 0 spiro atoms. The molecule has 1 heterocycles. The molecule has 1 aliphatic heterocycles. The highest BCUT2D eigenvalue weighted by atomic mass is 16.2. The van der Waals surface area contributed by atoms with Gasteiger partial charge in [0.1, 0.15) is 0 Å². The van der Waals surface area contributed by atoms with Crippen molar-refractivity contribution in [1.29, 1.82) is 0 Å². The lowest BCUT2D eigenvalue weighted by Crippen LogP contribution is -2.23. The minimum absolute atomic E-state index is 0. The van der Waals surface area contributed by atoms with E-state index in [2.05, 4.69) is 0 Å². The van der Waals surface area contributed by atoms with Crippen molar-refractivity contribution >= 4 is 5.91 Å². The molecule has 1 saturated heterocycles. The molecule has 0 unspecified atom stereocenters. The van der Waals surface area contributed by atoms with Gasteiger partial charge >= 0.3 is 0 Å². The zero-order chi connectivity index (χ0) is 5.98. The molecule has 0 aromatic heterocycles. The van der Waals surface area contributed by atoms with Gasteiger partial charge in [-0.25, -0.2) is 0 Å². The van der Waals surface area contributed by atoms with Crippen molar-refractivity contribution in [2.45, 2.75) is 19.8 Å². The second-order valence-electron chi connectivity index (χ2n) is 2.08.